The Morgan fingerprint density at radius 2 is 2.24 bits per heavy atom. The van der Waals surface area contributed by atoms with Crippen molar-refractivity contribution in [2.75, 3.05) is 13.7 Å². The summed E-state index contributed by atoms with van der Waals surface area (Å²) in [6, 6.07) is 1.66. The lowest BCUT2D eigenvalue weighted by Gasteiger charge is -2.09. The molecule has 17 heavy (non-hydrogen) atoms. The number of pyridine rings is 1. The summed E-state index contributed by atoms with van der Waals surface area (Å²) in [5.41, 5.74) is 0.585. The summed E-state index contributed by atoms with van der Waals surface area (Å²) >= 11 is 0. The lowest BCUT2D eigenvalue weighted by molar-refractivity contribution is 0.272. The Kier molecular flexibility index (Phi) is 5.91. The van der Waals surface area contributed by atoms with Crippen LogP contribution in [-0.4, -0.2) is 18.6 Å². The lowest BCUT2D eigenvalue weighted by Crippen LogP contribution is -2.09. The molecule has 0 aliphatic heterocycles. The van der Waals surface area contributed by atoms with E-state index >= 15 is 0 Å². The standard InChI is InChI=1S/C13H21FN2O/c1-10(2)5-4-8-17-13-12(14)11(9-15-3)6-7-16-13/h6-7,10,15H,4-5,8-9H2,1-3H3. The molecule has 0 spiro atoms. The zero-order chi connectivity index (χ0) is 12.7. The fourth-order valence-corrected chi connectivity index (χ4v) is 1.55. The SMILES string of the molecule is CNCc1ccnc(OCCCC(C)C)c1F. The summed E-state index contributed by atoms with van der Waals surface area (Å²) in [6.07, 6.45) is 3.58. The first-order valence-electron chi connectivity index (χ1n) is 6.06. The van der Waals surface area contributed by atoms with Crippen molar-refractivity contribution in [1.82, 2.24) is 10.3 Å². The first-order valence-corrected chi connectivity index (χ1v) is 6.06. The van der Waals surface area contributed by atoms with Crippen molar-refractivity contribution >= 4 is 0 Å². The van der Waals surface area contributed by atoms with Gasteiger partial charge in [-0.1, -0.05) is 13.8 Å². The zero-order valence-corrected chi connectivity index (χ0v) is 10.8. The average molecular weight is 240 g/mol. The van der Waals surface area contributed by atoms with Crippen molar-refractivity contribution in [3.05, 3.63) is 23.6 Å². The summed E-state index contributed by atoms with van der Waals surface area (Å²) in [5.74, 6) is 0.403. The van der Waals surface area contributed by atoms with Gasteiger partial charge in [-0.05, 0) is 31.9 Å². The largest absolute Gasteiger partial charge is 0.476 e. The maximum Gasteiger partial charge on any atom is 0.250 e. The minimum absolute atomic E-state index is 0.113. The molecule has 0 aromatic carbocycles. The van der Waals surface area contributed by atoms with Crippen LogP contribution in [0.15, 0.2) is 12.3 Å². The van der Waals surface area contributed by atoms with Crippen LogP contribution in [0.3, 0.4) is 0 Å². The smallest absolute Gasteiger partial charge is 0.250 e. The molecule has 0 radical (unpaired) electrons. The van der Waals surface area contributed by atoms with Crippen LogP contribution < -0.4 is 10.1 Å². The fraction of sp³-hybridized carbons (Fsp3) is 0.615. The average Bonchev–Trinajstić information content (AvgIpc) is 2.29. The molecule has 4 heteroatoms. The summed E-state index contributed by atoms with van der Waals surface area (Å²) in [4.78, 5) is 3.91. The number of halogens is 1. The molecule has 1 aromatic heterocycles. The molecule has 1 heterocycles. The Morgan fingerprint density at radius 3 is 2.88 bits per heavy atom. The van der Waals surface area contributed by atoms with Crippen LogP contribution in [0.5, 0.6) is 5.88 Å². The van der Waals surface area contributed by atoms with Gasteiger partial charge in [-0.25, -0.2) is 9.37 Å². The molecule has 0 saturated carbocycles. The Labute approximate surface area is 102 Å². The molecule has 0 aliphatic carbocycles. The first kappa shape index (κ1) is 13.9. The summed E-state index contributed by atoms with van der Waals surface area (Å²) in [5, 5.41) is 2.91. The van der Waals surface area contributed by atoms with Crippen LogP contribution in [0, 0.1) is 11.7 Å². The first-order chi connectivity index (χ1) is 8.15. The van der Waals surface area contributed by atoms with Crippen molar-refractivity contribution < 1.29 is 9.13 Å². The van der Waals surface area contributed by atoms with Crippen molar-refractivity contribution in [2.24, 2.45) is 5.92 Å². The molecule has 0 aliphatic rings. The van der Waals surface area contributed by atoms with Gasteiger partial charge in [0, 0.05) is 18.3 Å². The molecule has 3 nitrogen and oxygen atoms in total. The van der Waals surface area contributed by atoms with E-state index in [1.165, 1.54) is 0 Å². The van der Waals surface area contributed by atoms with Crippen molar-refractivity contribution in [1.29, 1.82) is 0 Å². The number of aromatic nitrogens is 1. The highest BCUT2D eigenvalue weighted by Gasteiger charge is 2.09. The number of hydrogen-bond donors (Lipinski definition) is 1. The number of hydrogen-bond acceptors (Lipinski definition) is 3. The number of ether oxygens (including phenoxy) is 1. The second-order valence-electron chi connectivity index (χ2n) is 4.50. The summed E-state index contributed by atoms with van der Waals surface area (Å²) in [7, 11) is 1.78. The molecule has 0 saturated heterocycles. The van der Waals surface area contributed by atoms with Crippen LogP contribution in [0.25, 0.3) is 0 Å². The molecule has 0 bridgehead atoms. The molecule has 0 unspecified atom stereocenters. The maximum absolute atomic E-state index is 13.8. The maximum atomic E-state index is 13.8. The van der Waals surface area contributed by atoms with Crippen LogP contribution in [-0.2, 0) is 6.54 Å². The Bertz CT molecular complexity index is 342. The number of nitrogens with zero attached hydrogens (tertiary/aromatic N) is 1. The third kappa shape index (κ3) is 4.69. The number of nitrogens with one attached hydrogen (secondary N) is 1. The van der Waals surface area contributed by atoms with Crippen LogP contribution >= 0.6 is 0 Å². The van der Waals surface area contributed by atoms with Crippen molar-refractivity contribution in [2.45, 2.75) is 33.2 Å². The topological polar surface area (TPSA) is 34.2 Å². The molecule has 0 amide bonds. The van der Waals surface area contributed by atoms with Gasteiger partial charge in [0.2, 0.25) is 0 Å². The molecule has 1 N–H and O–H groups in total. The molecular weight excluding hydrogens is 219 g/mol. The van der Waals surface area contributed by atoms with Gasteiger partial charge in [-0.3, -0.25) is 0 Å². The minimum Gasteiger partial charge on any atom is -0.476 e. The third-order valence-electron chi connectivity index (χ3n) is 2.47. The van der Waals surface area contributed by atoms with Crippen LogP contribution in [0.2, 0.25) is 0 Å². The zero-order valence-electron chi connectivity index (χ0n) is 10.8. The van der Waals surface area contributed by atoms with E-state index in [4.69, 9.17) is 4.74 Å². The molecule has 1 aromatic rings. The highest BCUT2D eigenvalue weighted by molar-refractivity contribution is 5.23. The molecular formula is C13H21FN2O. The van der Waals surface area contributed by atoms with E-state index < -0.39 is 0 Å². The monoisotopic (exact) mass is 240 g/mol. The quantitative estimate of drug-likeness (QED) is 0.744. The van der Waals surface area contributed by atoms with E-state index in [9.17, 15) is 4.39 Å². The van der Waals surface area contributed by atoms with E-state index in [0.29, 0.717) is 24.6 Å². The molecule has 0 atom stereocenters. The van der Waals surface area contributed by atoms with E-state index in [1.54, 1.807) is 19.3 Å². The van der Waals surface area contributed by atoms with E-state index in [2.05, 4.69) is 24.1 Å². The second-order valence-corrected chi connectivity index (χ2v) is 4.50. The van der Waals surface area contributed by atoms with E-state index in [0.717, 1.165) is 12.8 Å². The van der Waals surface area contributed by atoms with E-state index in [-0.39, 0.29) is 11.7 Å². The van der Waals surface area contributed by atoms with Crippen molar-refractivity contribution in [3.63, 3.8) is 0 Å². The van der Waals surface area contributed by atoms with Gasteiger partial charge >= 0.3 is 0 Å². The molecule has 0 fully saturated rings. The fourth-order valence-electron chi connectivity index (χ4n) is 1.55. The normalized spacial score (nSPS) is 10.9. The van der Waals surface area contributed by atoms with Gasteiger partial charge < -0.3 is 10.1 Å². The predicted octanol–water partition coefficient (Wildman–Crippen LogP) is 2.76. The van der Waals surface area contributed by atoms with Gasteiger partial charge in [0.15, 0.2) is 5.82 Å². The Balaban J connectivity index is 2.50. The van der Waals surface area contributed by atoms with Gasteiger partial charge in [0.05, 0.1) is 6.61 Å². The predicted molar refractivity (Wildman–Crippen MR) is 66.5 cm³/mol. The van der Waals surface area contributed by atoms with Crippen LogP contribution in [0.4, 0.5) is 4.39 Å². The third-order valence-corrected chi connectivity index (χ3v) is 2.47. The Morgan fingerprint density at radius 1 is 1.47 bits per heavy atom. The lowest BCUT2D eigenvalue weighted by atomic mass is 10.1. The highest BCUT2D eigenvalue weighted by atomic mass is 19.1. The number of rotatable bonds is 7. The van der Waals surface area contributed by atoms with Crippen LogP contribution in [0.1, 0.15) is 32.3 Å². The summed E-state index contributed by atoms with van der Waals surface area (Å²) < 4.78 is 19.2. The Hall–Kier alpha value is -1.16. The van der Waals surface area contributed by atoms with Gasteiger partial charge in [-0.15, -0.1) is 0 Å². The minimum atomic E-state index is -0.355. The second kappa shape index (κ2) is 7.22. The summed E-state index contributed by atoms with van der Waals surface area (Å²) in [6.45, 7) is 5.32. The highest BCUT2D eigenvalue weighted by Crippen LogP contribution is 2.17. The van der Waals surface area contributed by atoms with Gasteiger partial charge in [0.1, 0.15) is 0 Å². The molecule has 96 valence electrons. The van der Waals surface area contributed by atoms with E-state index in [1.807, 2.05) is 0 Å². The van der Waals surface area contributed by atoms with Gasteiger partial charge in [-0.2, -0.15) is 0 Å². The van der Waals surface area contributed by atoms with Gasteiger partial charge in [0.25, 0.3) is 5.88 Å². The molecule has 1 rings (SSSR count). The van der Waals surface area contributed by atoms with Crippen molar-refractivity contribution in [3.8, 4) is 5.88 Å².